The van der Waals surface area contributed by atoms with Gasteiger partial charge < -0.3 is 9.73 Å². The average Bonchev–Trinajstić information content (AvgIpc) is 2.73. The molecule has 2 heteroatoms. The van der Waals surface area contributed by atoms with Crippen LogP contribution in [-0.4, -0.2) is 6.54 Å². The van der Waals surface area contributed by atoms with E-state index < -0.39 is 0 Å². The van der Waals surface area contributed by atoms with Gasteiger partial charge in [0.2, 0.25) is 0 Å². The summed E-state index contributed by atoms with van der Waals surface area (Å²) in [7, 11) is 0. The Morgan fingerprint density at radius 2 is 1.93 bits per heavy atom. The molecule has 1 N–H and O–H groups in total. The van der Waals surface area contributed by atoms with Crippen LogP contribution in [0.5, 0.6) is 0 Å². The zero-order valence-corrected chi connectivity index (χ0v) is 9.01. The first-order chi connectivity index (χ1) is 7.35. The van der Waals surface area contributed by atoms with Gasteiger partial charge in [-0.2, -0.15) is 0 Å². The molecular weight excluding hydrogens is 186 g/mol. The summed E-state index contributed by atoms with van der Waals surface area (Å²) in [6, 6.07) is 2.22. The van der Waals surface area contributed by atoms with Crippen LogP contribution in [0.1, 0.15) is 49.8 Å². The lowest BCUT2D eigenvalue weighted by atomic mass is 9.80. The van der Waals surface area contributed by atoms with Crippen molar-refractivity contribution >= 4 is 0 Å². The quantitative estimate of drug-likeness (QED) is 0.701. The van der Waals surface area contributed by atoms with Crippen molar-refractivity contribution in [2.45, 2.75) is 49.5 Å². The SMILES string of the molecule is c1cc2c(o1)C1(CC1)CNC21CCCC1. The van der Waals surface area contributed by atoms with E-state index in [2.05, 4.69) is 11.4 Å². The summed E-state index contributed by atoms with van der Waals surface area (Å²) < 4.78 is 5.78. The number of rotatable bonds is 0. The molecule has 2 heterocycles. The van der Waals surface area contributed by atoms with E-state index >= 15 is 0 Å². The van der Waals surface area contributed by atoms with E-state index in [1.54, 1.807) is 0 Å². The van der Waals surface area contributed by atoms with Crippen molar-refractivity contribution in [3.8, 4) is 0 Å². The fourth-order valence-corrected chi connectivity index (χ4v) is 3.59. The molecule has 2 saturated carbocycles. The summed E-state index contributed by atoms with van der Waals surface area (Å²) in [6.07, 6.45) is 9.87. The van der Waals surface area contributed by atoms with E-state index in [4.69, 9.17) is 4.42 Å². The summed E-state index contributed by atoms with van der Waals surface area (Å²) in [5, 5.41) is 3.83. The van der Waals surface area contributed by atoms with Crippen molar-refractivity contribution < 1.29 is 4.42 Å². The van der Waals surface area contributed by atoms with Crippen LogP contribution in [0.3, 0.4) is 0 Å². The lowest BCUT2D eigenvalue weighted by Crippen LogP contribution is -2.48. The third kappa shape index (κ3) is 0.938. The topological polar surface area (TPSA) is 25.2 Å². The third-order valence-electron chi connectivity index (χ3n) is 4.74. The normalized spacial score (nSPS) is 29.6. The summed E-state index contributed by atoms with van der Waals surface area (Å²) >= 11 is 0. The van der Waals surface area contributed by atoms with Crippen LogP contribution in [0.15, 0.2) is 16.7 Å². The maximum Gasteiger partial charge on any atom is 0.116 e. The molecule has 0 atom stereocenters. The first-order valence-electron chi connectivity index (χ1n) is 6.18. The number of hydrogen-bond acceptors (Lipinski definition) is 2. The Kier molecular flexibility index (Phi) is 1.39. The van der Waals surface area contributed by atoms with Crippen molar-refractivity contribution in [3.05, 3.63) is 23.7 Å². The second-order valence-corrected chi connectivity index (χ2v) is 5.59. The molecule has 2 nitrogen and oxygen atoms in total. The monoisotopic (exact) mass is 203 g/mol. The minimum atomic E-state index is 0.288. The molecule has 15 heavy (non-hydrogen) atoms. The maximum absolute atomic E-state index is 5.78. The van der Waals surface area contributed by atoms with Gasteiger partial charge in [0.25, 0.3) is 0 Å². The highest BCUT2D eigenvalue weighted by Crippen LogP contribution is 2.56. The molecule has 3 aliphatic rings. The van der Waals surface area contributed by atoms with Gasteiger partial charge in [-0.1, -0.05) is 12.8 Å². The molecule has 0 radical (unpaired) electrons. The Morgan fingerprint density at radius 1 is 1.13 bits per heavy atom. The van der Waals surface area contributed by atoms with Crippen molar-refractivity contribution in [2.24, 2.45) is 0 Å². The van der Waals surface area contributed by atoms with E-state index in [0.29, 0.717) is 5.41 Å². The third-order valence-corrected chi connectivity index (χ3v) is 4.74. The molecule has 0 saturated heterocycles. The molecule has 2 spiro atoms. The fourth-order valence-electron chi connectivity index (χ4n) is 3.59. The van der Waals surface area contributed by atoms with Crippen LogP contribution in [-0.2, 0) is 11.0 Å². The maximum atomic E-state index is 5.78. The molecular formula is C13H17NO. The lowest BCUT2D eigenvalue weighted by molar-refractivity contribution is 0.270. The van der Waals surface area contributed by atoms with Crippen LogP contribution >= 0.6 is 0 Å². The number of furan rings is 1. The van der Waals surface area contributed by atoms with Crippen molar-refractivity contribution in [1.29, 1.82) is 0 Å². The second-order valence-electron chi connectivity index (χ2n) is 5.59. The van der Waals surface area contributed by atoms with E-state index in [-0.39, 0.29) is 5.54 Å². The molecule has 0 unspecified atom stereocenters. The first-order valence-corrected chi connectivity index (χ1v) is 6.18. The number of nitrogens with one attached hydrogen (secondary N) is 1. The predicted octanol–water partition coefficient (Wildman–Crippen LogP) is 2.68. The first kappa shape index (κ1) is 8.40. The minimum absolute atomic E-state index is 0.288. The van der Waals surface area contributed by atoms with Crippen molar-refractivity contribution in [2.75, 3.05) is 6.54 Å². The second kappa shape index (κ2) is 2.49. The molecule has 80 valence electrons. The number of fused-ring (bicyclic) bond motifs is 3. The van der Waals surface area contributed by atoms with Gasteiger partial charge in [0.15, 0.2) is 0 Å². The fraction of sp³-hybridized carbons (Fsp3) is 0.692. The van der Waals surface area contributed by atoms with Gasteiger partial charge in [-0.25, -0.2) is 0 Å². The summed E-state index contributed by atoms with van der Waals surface area (Å²) in [4.78, 5) is 0. The molecule has 0 bridgehead atoms. The standard InChI is InChI=1S/C13H17NO/c1-2-5-13(4-1)10-3-8-15-11(10)12(6-7-12)9-14-13/h3,8,14H,1-2,4-7,9H2. The molecule has 2 fully saturated rings. The van der Waals surface area contributed by atoms with Gasteiger partial charge in [0.05, 0.1) is 6.26 Å². The zero-order valence-electron chi connectivity index (χ0n) is 9.01. The van der Waals surface area contributed by atoms with Crippen molar-refractivity contribution in [1.82, 2.24) is 5.32 Å². The summed E-state index contributed by atoms with van der Waals surface area (Å²) in [6.45, 7) is 1.15. The van der Waals surface area contributed by atoms with E-state index in [0.717, 1.165) is 6.54 Å². The highest BCUT2D eigenvalue weighted by atomic mass is 16.3. The lowest BCUT2D eigenvalue weighted by Gasteiger charge is -2.38. The van der Waals surface area contributed by atoms with Gasteiger partial charge in [0.1, 0.15) is 5.76 Å². The average molecular weight is 203 g/mol. The Balaban J connectivity index is 1.87. The summed E-state index contributed by atoms with van der Waals surface area (Å²) in [5.41, 5.74) is 2.17. The van der Waals surface area contributed by atoms with Gasteiger partial charge in [-0.05, 0) is 31.7 Å². The molecule has 0 aromatic carbocycles. The molecule has 1 aromatic heterocycles. The zero-order chi connectivity index (χ0) is 9.93. The van der Waals surface area contributed by atoms with Gasteiger partial charge in [-0.15, -0.1) is 0 Å². The van der Waals surface area contributed by atoms with Gasteiger partial charge >= 0.3 is 0 Å². The van der Waals surface area contributed by atoms with Crippen LogP contribution in [0, 0.1) is 0 Å². The van der Waals surface area contributed by atoms with Crippen LogP contribution in [0.4, 0.5) is 0 Å². The van der Waals surface area contributed by atoms with Crippen LogP contribution in [0.2, 0.25) is 0 Å². The number of hydrogen-bond donors (Lipinski definition) is 1. The Labute approximate surface area is 90.0 Å². The molecule has 1 aliphatic heterocycles. The van der Waals surface area contributed by atoms with E-state index in [1.807, 2.05) is 6.26 Å². The van der Waals surface area contributed by atoms with E-state index in [1.165, 1.54) is 49.8 Å². The highest BCUT2D eigenvalue weighted by Gasteiger charge is 2.55. The molecule has 4 rings (SSSR count). The van der Waals surface area contributed by atoms with Gasteiger partial charge in [0, 0.05) is 23.1 Å². The predicted molar refractivity (Wildman–Crippen MR) is 57.8 cm³/mol. The Morgan fingerprint density at radius 3 is 2.67 bits per heavy atom. The summed E-state index contributed by atoms with van der Waals surface area (Å²) in [5.74, 6) is 1.32. The Bertz CT molecular complexity index is 396. The van der Waals surface area contributed by atoms with E-state index in [9.17, 15) is 0 Å². The molecule has 2 aliphatic carbocycles. The molecule has 0 amide bonds. The minimum Gasteiger partial charge on any atom is -0.468 e. The van der Waals surface area contributed by atoms with Gasteiger partial charge in [-0.3, -0.25) is 0 Å². The smallest absolute Gasteiger partial charge is 0.116 e. The molecule has 1 aromatic rings. The van der Waals surface area contributed by atoms with Crippen molar-refractivity contribution in [3.63, 3.8) is 0 Å². The highest BCUT2D eigenvalue weighted by molar-refractivity contribution is 5.40. The van der Waals surface area contributed by atoms with Crippen LogP contribution < -0.4 is 5.32 Å². The largest absolute Gasteiger partial charge is 0.468 e. The Hall–Kier alpha value is -0.760. The van der Waals surface area contributed by atoms with Crippen LogP contribution in [0.25, 0.3) is 0 Å².